The number of benzene rings is 1. The Bertz CT molecular complexity index is 365. The van der Waals surface area contributed by atoms with E-state index in [1.54, 1.807) is 17.8 Å². The lowest BCUT2D eigenvalue weighted by Crippen LogP contribution is -2.24. The van der Waals surface area contributed by atoms with Crippen LogP contribution in [0.5, 0.6) is 0 Å². The first kappa shape index (κ1) is 10.7. The quantitative estimate of drug-likeness (QED) is 0.790. The number of nitrogens with one attached hydrogen (secondary N) is 1. The zero-order valence-electron chi connectivity index (χ0n) is 8.50. The van der Waals surface area contributed by atoms with Gasteiger partial charge in [0.2, 0.25) is 0 Å². The maximum absolute atomic E-state index is 13.5. The Morgan fingerprint density at radius 2 is 2.47 bits per heavy atom. The van der Waals surface area contributed by atoms with Gasteiger partial charge in [-0.25, -0.2) is 4.39 Å². The van der Waals surface area contributed by atoms with Crippen LogP contribution in [0.3, 0.4) is 0 Å². The average molecular weight is 223 g/mol. The van der Waals surface area contributed by atoms with Crippen molar-refractivity contribution in [3.8, 4) is 0 Å². The van der Waals surface area contributed by atoms with Crippen LogP contribution < -0.4 is 5.32 Å². The molecule has 1 heterocycles. The van der Waals surface area contributed by atoms with E-state index in [1.165, 1.54) is 6.07 Å². The highest BCUT2D eigenvalue weighted by Gasteiger charge is 2.21. The van der Waals surface area contributed by atoms with Gasteiger partial charge >= 0.3 is 0 Å². The molecule has 1 aromatic carbocycles. The van der Waals surface area contributed by atoms with Crippen molar-refractivity contribution in [1.29, 1.82) is 0 Å². The van der Waals surface area contributed by atoms with E-state index in [0.717, 1.165) is 29.2 Å². The summed E-state index contributed by atoms with van der Waals surface area (Å²) in [4.78, 5) is 0.810. The number of hydrogen-bond acceptors (Lipinski definition) is 2. The molecule has 1 aliphatic rings. The molecule has 0 bridgehead atoms. The van der Waals surface area contributed by atoms with Gasteiger partial charge in [-0.05, 0) is 23.8 Å². The fourth-order valence-electron chi connectivity index (χ4n) is 1.82. The summed E-state index contributed by atoms with van der Waals surface area (Å²) in [6, 6.07) is 5.59. The normalized spacial score (nSPS) is 19.7. The summed E-state index contributed by atoms with van der Waals surface area (Å²) >= 11 is 1.61. The van der Waals surface area contributed by atoms with E-state index < -0.39 is 0 Å². The molecule has 0 spiro atoms. The fraction of sp³-hybridized carbons (Fsp3) is 0.333. The first-order valence-corrected chi connectivity index (χ1v) is 6.07. The number of halogens is 1. The predicted molar refractivity (Wildman–Crippen MR) is 62.7 cm³/mol. The van der Waals surface area contributed by atoms with Crippen molar-refractivity contribution in [1.82, 2.24) is 5.32 Å². The van der Waals surface area contributed by atoms with Crippen LogP contribution >= 0.6 is 11.8 Å². The smallest absolute Gasteiger partial charge is 0.137 e. The Morgan fingerprint density at radius 1 is 1.60 bits per heavy atom. The van der Waals surface area contributed by atoms with Crippen molar-refractivity contribution in [2.45, 2.75) is 17.4 Å². The molecular weight excluding hydrogens is 209 g/mol. The molecule has 1 aliphatic heterocycles. The molecule has 1 aromatic rings. The molecular formula is C12H14FNS. The first-order valence-electron chi connectivity index (χ1n) is 5.08. The Hall–Kier alpha value is -0.800. The second kappa shape index (κ2) is 4.81. The molecule has 15 heavy (non-hydrogen) atoms. The second-order valence-electron chi connectivity index (χ2n) is 3.54. The molecule has 0 aromatic heterocycles. The van der Waals surface area contributed by atoms with Gasteiger partial charge in [-0.2, -0.15) is 0 Å². The van der Waals surface area contributed by atoms with Crippen molar-refractivity contribution in [3.05, 3.63) is 42.2 Å². The van der Waals surface area contributed by atoms with Crippen LogP contribution in [0, 0.1) is 5.82 Å². The van der Waals surface area contributed by atoms with Gasteiger partial charge in [-0.1, -0.05) is 18.2 Å². The first-order chi connectivity index (χ1) is 7.33. The lowest BCUT2D eigenvalue weighted by molar-refractivity contribution is 0.520. The molecule has 0 fully saturated rings. The lowest BCUT2D eigenvalue weighted by atomic mass is 10.0. The molecule has 0 saturated carbocycles. The van der Waals surface area contributed by atoms with E-state index >= 15 is 0 Å². The van der Waals surface area contributed by atoms with Crippen molar-refractivity contribution in [3.63, 3.8) is 0 Å². The van der Waals surface area contributed by atoms with E-state index in [9.17, 15) is 4.39 Å². The Kier molecular flexibility index (Phi) is 3.44. The highest BCUT2D eigenvalue weighted by molar-refractivity contribution is 7.99. The topological polar surface area (TPSA) is 12.0 Å². The van der Waals surface area contributed by atoms with E-state index in [4.69, 9.17) is 0 Å². The monoisotopic (exact) mass is 223 g/mol. The number of fused-ring (bicyclic) bond motifs is 1. The van der Waals surface area contributed by atoms with Crippen molar-refractivity contribution >= 4 is 11.8 Å². The highest BCUT2D eigenvalue weighted by Crippen LogP contribution is 2.37. The number of hydrogen-bond donors (Lipinski definition) is 1. The van der Waals surface area contributed by atoms with Crippen molar-refractivity contribution in [2.75, 3.05) is 12.3 Å². The molecule has 1 unspecified atom stereocenters. The predicted octanol–water partition coefficient (Wildman–Crippen LogP) is 3.14. The second-order valence-corrected chi connectivity index (χ2v) is 4.65. The average Bonchev–Trinajstić information content (AvgIpc) is 2.27. The van der Waals surface area contributed by atoms with Crippen LogP contribution in [0.25, 0.3) is 0 Å². The Balaban J connectivity index is 2.26. The summed E-state index contributed by atoms with van der Waals surface area (Å²) in [5.74, 6) is 0.880. The summed E-state index contributed by atoms with van der Waals surface area (Å²) < 4.78 is 13.5. The van der Waals surface area contributed by atoms with Gasteiger partial charge in [-0.3, -0.25) is 0 Å². The van der Waals surface area contributed by atoms with E-state index in [-0.39, 0.29) is 11.9 Å². The van der Waals surface area contributed by atoms with Crippen LogP contribution in [0.1, 0.15) is 18.0 Å². The van der Waals surface area contributed by atoms with Crippen LogP contribution in [0.15, 0.2) is 35.7 Å². The third-order valence-electron chi connectivity index (χ3n) is 2.53. The summed E-state index contributed by atoms with van der Waals surface area (Å²) in [5, 5.41) is 3.36. The van der Waals surface area contributed by atoms with E-state index in [2.05, 4.69) is 11.9 Å². The minimum atomic E-state index is -0.0948. The molecule has 3 heteroatoms. The molecule has 1 atom stereocenters. The van der Waals surface area contributed by atoms with Gasteiger partial charge in [-0.15, -0.1) is 18.3 Å². The third kappa shape index (κ3) is 2.24. The van der Waals surface area contributed by atoms with Crippen LogP contribution in [-0.4, -0.2) is 12.3 Å². The molecule has 2 rings (SSSR count). The Morgan fingerprint density at radius 3 is 3.27 bits per heavy atom. The SMILES string of the molecule is C=CCNC1CCSc2c(F)cccc21. The molecule has 80 valence electrons. The van der Waals surface area contributed by atoms with Gasteiger partial charge in [0, 0.05) is 17.5 Å². The summed E-state index contributed by atoms with van der Waals surface area (Å²) in [5.41, 5.74) is 1.09. The van der Waals surface area contributed by atoms with Gasteiger partial charge in [0.05, 0.1) is 0 Å². The molecule has 1 N–H and O–H groups in total. The molecule has 0 saturated heterocycles. The minimum Gasteiger partial charge on any atom is -0.306 e. The number of rotatable bonds is 3. The molecule has 0 amide bonds. The number of thioether (sulfide) groups is 1. The molecule has 0 aliphatic carbocycles. The van der Waals surface area contributed by atoms with Crippen molar-refractivity contribution < 1.29 is 4.39 Å². The van der Waals surface area contributed by atoms with E-state index in [0.29, 0.717) is 0 Å². The maximum Gasteiger partial charge on any atom is 0.137 e. The van der Waals surface area contributed by atoms with Gasteiger partial charge < -0.3 is 5.32 Å². The minimum absolute atomic E-state index is 0.0948. The molecule has 0 radical (unpaired) electrons. The summed E-state index contributed by atoms with van der Waals surface area (Å²) in [6.45, 7) is 4.45. The van der Waals surface area contributed by atoms with E-state index in [1.807, 2.05) is 12.1 Å². The highest BCUT2D eigenvalue weighted by atomic mass is 32.2. The van der Waals surface area contributed by atoms with Gasteiger partial charge in [0.1, 0.15) is 5.82 Å². The lowest BCUT2D eigenvalue weighted by Gasteiger charge is -2.25. The zero-order chi connectivity index (χ0) is 10.7. The van der Waals surface area contributed by atoms with Gasteiger partial charge in [0.25, 0.3) is 0 Å². The fourth-order valence-corrected chi connectivity index (χ4v) is 2.96. The standard InChI is InChI=1S/C12H14FNS/c1-2-7-14-11-6-8-15-12-9(11)4-3-5-10(12)13/h2-5,11,14H,1,6-8H2. The van der Waals surface area contributed by atoms with Crippen LogP contribution in [-0.2, 0) is 0 Å². The summed E-state index contributed by atoms with van der Waals surface area (Å²) in [6.07, 6.45) is 2.88. The Labute approximate surface area is 93.8 Å². The van der Waals surface area contributed by atoms with Crippen LogP contribution in [0.2, 0.25) is 0 Å². The summed E-state index contributed by atoms with van der Waals surface area (Å²) in [7, 11) is 0. The van der Waals surface area contributed by atoms with Gasteiger partial charge in [0.15, 0.2) is 0 Å². The third-order valence-corrected chi connectivity index (χ3v) is 3.69. The molecule has 1 nitrogen and oxygen atoms in total. The van der Waals surface area contributed by atoms with Crippen LogP contribution in [0.4, 0.5) is 4.39 Å². The maximum atomic E-state index is 13.5. The van der Waals surface area contributed by atoms with Crippen molar-refractivity contribution in [2.24, 2.45) is 0 Å². The largest absolute Gasteiger partial charge is 0.306 e. The zero-order valence-corrected chi connectivity index (χ0v) is 9.32.